The molecule has 6 nitrogen and oxygen atoms in total. The third-order valence-corrected chi connectivity index (χ3v) is 5.73. The summed E-state index contributed by atoms with van der Waals surface area (Å²) in [6.07, 6.45) is 0. The van der Waals surface area contributed by atoms with Crippen molar-refractivity contribution in [3.05, 3.63) is 52.0 Å². The van der Waals surface area contributed by atoms with Gasteiger partial charge in [-0.05, 0) is 41.6 Å². The molecule has 0 saturated carbocycles. The fourth-order valence-corrected chi connectivity index (χ4v) is 3.91. The van der Waals surface area contributed by atoms with Crippen LogP contribution >= 0.6 is 22.7 Å². The van der Waals surface area contributed by atoms with E-state index in [1.807, 2.05) is 48.9 Å². The van der Waals surface area contributed by atoms with E-state index in [9.17, 15) is 9.59 Å². The maximum Gasteiger partial charge on any atom is 0.262 e. The van der Waals surface area contributed by atoms with Crippen molar-refractivity contribution >= 4 is 39.6 Å². The van der Waals surface area contributed by atoms with Crippen LogP contribution < -0.4 is 15.4 Å². The Hall–Kier alpha value is -2.71. The zero-order valence-corrected chi connectivity index (χ0v) is 17.4. The molecule has 1 aromatic carbocycles. The molecule has 1 unspecified atom stereocenters. The molecular weight excluding hydrogens is 394 g/mol. The van der Waals surface area contributed by atoms with Crippen LogP contribution in [0.2, 0.25) is 0 Å². The fourth-order valence-electron chi connectivity index (χ4n) is 2.56. The summed E-state index contributed by atoms with van der Waals surface area (Å²) >= 11 is 2.68. The van der Waals surface area contributed by atoms with Crippen molar-refractivity contribution in [2.45, 2.75) is 19.9 Å². The van der Waals surface area contributed by atoms with Crippen LogP contribution in [0, 0.1) is 5.92 Å². The van der Waals surface area contributed by atoms with E-state index in [1.165, 1.54) is 22.7 Å². The molecule has 0 aliphatic rings. The average molecular weight is 416 g/mol. The highest BCUT2D eigenvalue weighted by atomic mass is 32.1. The van der Waals surface area contributed by atoms with Crippen LogP contribution in [0.15, 0.2) is 47.2 Å². The van der Waals surface area contributed by atoms with Crippen LogP contribution in [0.25, 0.3) is 11.3 Å². The van der Waals surface area contributed by atoms with Crippen molar-refractivity contribution in [2.75, 3.05) is 12.4 Å². The fraction of sp³-hybridized carbons (Fsp3) is 0.250. The molecule has 3 rings (SSSR count). The molecule has 2 N–H and O–H groups in total. The van der Waals surface area contributed by atoms with Gasteiger partial charge in [0.25, 0.3) is 5.91 Å². The van der Waals surface area contributed by atoms with Crippen molar-refractivity contribution in [3.8, 4) is 17.0 Å². The first-order valence-corrected chi connectivity index (χ1v) is 10.5. The Kier molecular flexibility index (Phi) is 6.43. The SMILES string of the molecule is COc1ccc(-c2csc(NC(=O)C(NC(=O)c3cccs3)C(C)C)n2)cc1. The number of thiazole rings is 1. The average Bonchev–Trinajstić information content (AvgIpc) is 3.38. The zero-order chi connectivity index (χ0) is 20.1. The van der Waals surface area contributed by atoms with E-state index in [2.05, 4.69) is 15.6 Å². The van der Waals surface area contributed by atoms with E-state index in [0.29, 0.717) is 10.0 Å². The van der Waals surface area contributed by atoms with Gasteiger partial charge in [-0.1, -0.05) is 19.9 Å². The minimum atomic E-state index is -0.650. The monoisotopic (exact) mass is 415 g/mol. The number of aromatic nitrogens is 1. The second kappa shape index (κ2) is 8.99. The molecule has 0 aliphatic heterocycles. The minimum absolute atomic E-state index is 0.0649. The first-order valence-electron chi connectivity index (χ1n) is 8.73. The van der Waals surface area contributed by atoms with Gasteiger partial charge in [0.15, 0.2) is 5.13 Å². The Morgan fingerprint density at radius 1 is 1.11 bits per heavy atom. The van der Waals surface area contributed by atoms with Gasteiger partial charge < -0.3 is 15.4 Å². The van der Waals surface area contributed by atoms with Gasteiger partial charge in [-0.2, -0.15) is 0 Å². The van der Waals surface area contributed by atoms with Crippen LogP contribution in [0.1, 0.15) is 23.5 Å². The number of nitrogens with one attached hydrogen (secondary N) is 2. The molecule has 0 radical (unpaired) electrons. The number of carbonyl (C=O) groups is 2. The summed E-state index contributed by atoms with van der Waals surface area (Å²) in [4.78, 5) is 30.1. The lowest BCUT2D eigenvalue weighted by atomic mass is 10.0. The van der Waals surface area contributed by atoms with Gasteiger partial charge in [-0.3, -0.25) is 9.59 Å². The van der Waals surface area contributed by atoms with Crippen molar-refractivity contribution in [1.29, 1.82) is 0 Å². The van der Waals surface area contributed by atoms with Crippen LogP contribution in [-0.2, 0) is 4.79 Å². The summed E-state index contributed by atoms with van der Waals surface area (Å²) in [5.41, 5.74) is 1.70. The van der Waals surface area contributed by atoms with E-state index in [1.54, 1.807) is 19.2 Å². The Morgan fingerprint density at radius 2 is 1.86 bits per heavy atom. The summed E-state index contributed by atoms with van der Waals surface area (Å²) in [7, 11) is 1.62. The Balaban J connectivity index is 1.68. The van der Waals surface area contributed by atoms with E-state index in [-0.39, 0.29) is 17.7 Å². The number of ether oxygens (including phenoxy) is 1. The number of methoxy groups -OCH3 is 1. The highest BCUT2D eigenvalue weighted by molar-refractivity contribution is 7.14. The number of hydrogen-bond acceptors (Lipinski definition) is 6. The lowest BCUT2D eigenvalue weighted by Gasteiger charge is -2.20. The molecule has 146 valence electrons. The van der Waals surface area contributed by atoms with Crippen molar-refractivity contribution < 1.29 is 14.3 Å². The first kappa shape index (κ1) is 20.0. The Labute approximate surface area is 171 Å². The van der Waals surface area contributed by atoms with E-state index >= 15 is 0 Å². The third kappa shape index (κ3) is 4.76. The number of amides is 2. The molecule has 28 heavy (non-hydrogen) atoms. The minimum Gasteiger partial charge on any atom is -0.497 e. The third-order valence-electron chi connectivity index (χ3n) is 4.10. The molecule has 0 aliphatic carbocycles. The molecular formula is C20H21N3O3S2. The Bertz CT molecular complexity index is 934. The van der Waals surface area contributed by atoms with E-state index in [4.69, 9.17) is 4.74 Å². The van der Waals surface area contributed by atoms with E-state index in [0.717, 1.165) is 17.0 Å². The van der Waals surface area contributed by atoms with Crippen LogP contribution in [-0.4, -0.2) is 29.9 Å². The molecule has 3 aromatic rings. The maximum absolute atomic E-state index is 12.7. The standard InChI is InChI=1S/C20H21N3O3S2/c1-12(2)17(22-18(24)16-5-4-10-27-16)19(25)23-20-21-15(11-28-20)13-6-8-14(26-3)9-7-13/h4-12,17H,1-3H3,(H,22,24)(H,21,23,25). The second-order valence-electron chi connectivity index (χ2n) is 6.43. The summed E-state index contributed by atoms with van der Waals surface area (Å²) < 4.78 is 5.16. The smallest absolute Gasteiger partial charge is 0.262 e. The summed E-state index contributed by atoms with van der Waals surface area (Å²) in [5, 5.41) is 9.83. The number of hydrogen-bond donors (Lipinski definition) is 2. The second-order valence-corrected chi connectivity index (χ2v) is 8.23. The van der Waals surface area contributed by atoms with Gasteiger partial charge in [0.05, 0.1) is 17.7 Å². The normalized spacial score (nSPS) is 11.9. The van der Waals surface area contributed by atoms with Gasteiger partial charge in [0, 0.05) is 10.9 Å². The lowest BCUT2D eigenvalue weighted by Crippen LogP contribution is -2.46. The Morgan fingerprint density at radius 3 is 2.46 bits per heavy atom. The van der Waals surface area contributed by atoms with Crippen molar-refractivity contribution in [1.82, 2.24) is 10.3 Å². The maximum atomic E-state index is 12.7. The summed E-state index contributed by atoms with van der Waals surface area (Å²) in [5.74, 6) is 0.177. The van der Waals surface area contributed by atoms with E-state index < -0.39 is 6.04 Å². The predicted octanol–water partition coefficient (Wildman–Crippen LogP) is 4.27. The number of thiophene rings is 1. The molecule has 2 aromatic heterocycles. The quantitative estimate of drug-likeness (QED) is 0.604. The molecule has 0 saturated heterocycles. The highest BCUT2D eigenvalue weighted by Gasteiger charge is 2.25. The molecule has 2 amide bonds. The van der Waals surface area contributed by atoms with Gasteiger partial charge in [0.2, 0.25) is 5.91 Å². The van der Waals surface area contributed by atoms with Crippen molar-refractivity contribution in [2.24, 2.45) is 5.92 Å². The molecule has 0 spiro atoms. The van der Waals surface area contributed by atoms with Gasteiger partial charge in [-0.15, -0.1) is 22.7 Å². The van der Waals surface area contributed by atoms with Gasteiger partial charge in [0.1, 0.15) is 11.8 Å². The molecule has 0 bridgehead atoms. The number of nitrogens with zero attached hydrogens (tertiary/aromatic N) is 1. The topological polar surface area (TPSA) is 80.3 Å². The molecule has 8 heteroatoms. The van der Waals surface area contributed by atoms with Crippen LogP contribution in [0.4, 0.5) is 5.13 Å². The van der Waals surface area contributed by atoms with Crippen LogP contribution in [0.3, 0.4) is 0 Å². The number of anilines is 1. The van der Waals surface area contributed by atoms with Gasteiger partial charge >= 0.3 is 0 Å². The largest absolute Gasteiger partial charge is 0.497 e. The highest BCUT2D eigenvalue weighted by Crippen LogP contribution is 2.26. The van der Waals surface area contributed by atoms with Crippen LogP contribution in [0.5, 0.6) is 5.75 Å². The first-order chi connectivity index (χ1) is 13.5. The predicted molar refractivity (Wildman–Crippen MR) is 113 cm³/mol. The molecule has 0 fully saturated rings. The number of carbonyl (C=O) groups excluding carboxylic acids is 2. The number of benzene rings is 1. The number of rotatable bonds is 7. The van der Waals surface area contributed by atoms with Crippen molar-refractivity contribution in [3.63, 3.8) is 0 Å². The lowest BCUT2D eigenvalue weighted by molar-refractivity contribution is -0.118. The summed E-state index contributed by atoms with van der Waals surface area (Å²) in [6.45, 7) is 3.78. The van der Waals surface area contributed by atoms with Gasteiger partial charge in [-0.25, -0.2) is 4.98 Å². The molecule has 2 heterocycles. The zero-order valence-electron chi connectivity index (χ0n) is 15.8. The summed E-state index contributed by atoms with van der Waals surface area (Å²) in [6, 6.07) is 10.4. The molecule has 1 atom stereocenters.